The van der Waals surface area contributed by atoms with E-state index >= 15 is 0 Å². The third-order valence-corrected chi connectivity index (χ3v) is 0.744. The Morgan fingerprint density at radius 2 is 2.14 bits per heavy atom. The number of halogens is 3. The Labute approximate surface area is 51.2 Å². The van der Waals surface area contributed by atoms with Gasteiger partial charge in [0.05, 0.1) is 0 Å². The SMILES string of the molecule is C=C=C(F)C(Cl)Cl. The molecular formula is C4H3Cl2F. The summed E-state index contributed by atoms with van der Waals surface area (Å²) in [5.41, 5.74) is 1.90. The van der Waals surface area contributed by atoms with Crippen LogP contribution < -0.4 is 0 Å². The lowest BCUT2D eigenvalue weighted by molar-refractivity contribution is 0.635. The second kappa shape index (κ2) is 3.09. The molecule has 40 valence electrons. The average molecular weight is 141 g/mol. The first-order chi connectivity index (χ1) is 3.18. The number of allylic oxidation sites excluding steroid dienone is 1. The summed E-state index contributed by atoms with van der Waals surface area (Å²) in [5, 5.41) is 0. The Hall–Kier alpha value is 0.0300. The molecule has 0 saturated carbocycles. The maximum absolute atomic E-state index is 11.7. The normalized spacial score (nSPS) is 8.57. The summed E-state index contributed by atoms with van der Waals surface area (Å²) in [5.74, 6) is -0.733. The molecule has 0 aromatic carbocycles. The van der Waals surface area contributed by atoms with Gasteiger partial charge in [0.2, 0.25) is 0 Å². The highest BCUT2D eigenvalue weighted by Crippen LogP contribution is 2.12. The summed E-state index contributed by atoms with van der Waals surface area (Å²) in [4.78, 5) is -1.11. The molecule has 0 bridgehead atoms. The van der Waals surface area contributed by atoms with Crippen molar-refractivity contribution in [1.29, 1.82) is 0 Å². The highest BCUT2D eigenvalue weighted by Gasteiger charge is 2.01. The van der Waals surface area contributed by atoms with Crippen molar-refractivity contribution in [1.82, 2.24) is 0 Å². The molecule has 0 aromatic heterocycles. The molecule has 0 aliphatic carbocycles. The summed E-state index contributed by atoms with van der Waals surface area (Å²) >= 11 is 9.96. The van der Waals surface area contributed by atoms with Gasteiger partial charge in [-0.15, -0.1) is 0 Å². The van der Waals surface area contributed by atoms with Crippen molar-refractivity contribution in [2.75, 3.05) is 0 Å². The molecule has 0 nitrogen and oxygen atoms in total. The smallest absolute Gasteiger partial charge is 0.174 e. The van der Waals surface area contributed by atoms with Crippen molar-refractivity contribution < 1.29 is 4.39 Å². The number of hydrogen-bond acceptors (Lipinski definition) is 0. The first kappa shape index (κ1) is 7.03. The molecule has 0 saturated heterocycles. The van der Waals surface area contributed by atoms with Gasteiger partial charge >= 0.3 is 0 Å². The van der Waals surface area contributed by atoms with Crippen LogP contribution in [-0.4, -0.2) is 4.84 Å². The first-order valence-electron chi connectivity index (χ1n) is 1.52. The van der Waals surface area contributed by atoms with Gasteiger partial charge in [0, 0.05) is 0 Å². The van der Waals surface area contributed by atoms with Crippen LogP contribution in [0.4, 0.5) is 4.39 Å². The fourth-order valence-electron chi connectivity index (χ4n) is 0.0772. The van der Waals surface area contributed by atoms with Crippen LogP contribution in [0.5, 0.6) is 0 Å². The topological polar surface area (TPSA) is 0 Å². The average Bonchev–Trinajstić information content (AvgIpc) is 1.65. The van der Waals surface area contributed by atoms with Crippen LogP contribution >= 0.6 is 23.2 Å². The van der Waals surface area contributed by atoms with E-state index in [0.717, 1.165) is 0 Å². The molecule has 7 heavy (non-hydrogen) atoms. The molecule has 0 amide bonds. The van der Waals surface area contributed by atoms with Crippen molar-refractivity contribution in [2.24, 2.45) is 0 Å². The van der Waals surface area contributed by atoms with Crippen molar-refractivity contribution in [3.8, 4) is 0 Å². The fourth-order valence-corrected chi connectivity index (χ4v) is 0.231. The van der Waals surface area contributed by atoms with Gasteiger partial charge in [-0.3, -0.25) is 0 Å². The van der Waals surface area contributed by atoms with Crippen LogP contribution in [0.1, 0.15) is 0 Å². The highest BCUT2D eigenvalue weighted by atomic mass is 35.5. The van der Waals surface area contributed by atoms with E-state index in [2.05, 4.69) is 6.58 Å². The van der Waals surface area contributed by atoms with Crippen molar-refractivity contribution in [3.63, 3.8) is 0 Å². The molecule has 0 heterocycles. The number of hydrogen-bond donors (Lipinski definition) is 0. The largest absolute Gasteiger partial charge is 0.200 e. The summed E-state index contributed by atoms with van der Waals surface area (Å²) in [6, 6.07) is 0. The number of alkyl halides is 2. The highest BCUT2D eigenvalue weighted by molar-refractivity contribution is 6.45. The molecule has 0 aromatic rings. The molecular weight excluding hydrogens is 138 g/mol. The fraction of sp³-hybridized carbons (Fsp3) is 0.250. The minimum absolute atomic E-state index is 0.733. The monoisotopic (exact) mass is 140 g/mol. The molecule has 0 unspecified atom stereocenters. The predicted molar refractivity (Wildman–Crippen MR) is 29.3 cm³/mol. The zero-order valence-corrected chi connectivity index (χ0v) is 4.93. The van der Waals surface area contributed by atoms with Crippen molar-refractivity contribution in [2.45, 2.75) is 4.84 Å². The summed E-state index contributed by atoms with van der Waals surface area (Å²) in [6.45, 7) is 2.98. The van der Waals surface area contributed by atoms with E-state index in [-0.39, 0.29) is 0 Å². The van der Waals surface area contributed by atoms with Crippen molar-refractivity contribution >= 4 is 23.2 Å². The zero-order valence-electron chi connectivity index (χ0n) is 3.42. The summed E-state index contributed by atoms with van der Waals surface area (Å²) in [6.07, 6.45) is 0. The van der Waals surface area contributed by atoms with Crippen LogP contribution in [0.25, 0.3) is 0 Å². The summed E-state index contributed by atoms with van der Waals surface area (Å²) in [7, 11) is 0. The van der Waals surface area contributed by atoms with Gasteiger partial charge in [0.15, 0.2) is 10.7 Å². The van der Waals surface area contributed by atoms with E-state index in [1.54, 1.807) is 0 Å². The van der Waals surface area contributed by atoms with Crippen molar-refractivity contribution in [3.05, 3.63) is 18.1 Å². The molecule has 0 fully saturated rings. The second-order valence-electron chi connectivity index (χ2n) is 0.825. The summed E-state index contributed by atoms with van der Waals surface area (Å²) < 4.78 is 11.7. The van der Waals surface area contributed by atoms with Gasteiger partial charge in [-0.05, 0) is 0 Å². The van der Waals surface area contributed by atoms with Crippen LogP contribution in [0.2, 0.25) is 0 Å². The van der Waals surface area contributed by atoms with Crippen LogP contribution in [0, 0.1) is 0 Å². The zero-order chi connectivity index (χ0) is 5.86. The lowest BCUT2D eigenvalue weighted by atomic mass is 10.6. The van der Waals surface area contributed by atoms with Gasteiger partial charge in [-0.1, -0.05) is 35.5 Å². The lowest BCUT2D eigenvalue weighted by Gasteiger charge is -1.87. The molecule has 0 spiro atoms. The van der Waals surface area contributed by atoms with E-state index in [1.807, 2.05) is 5.73 Å². The van der Waals surface area contributed by atoms with E-state index < -0.39 is 10.7 Å². The Morgan fingerprint density at radius 3 is 2.14 bits per heavy atom. The van der Waals surface area contributed by atoms with Gasteiger partial charge in [0.25, 0.3) is 0 Å². The first-order valence-corrected chi connectivity index (χ1v) is 2.39. The Kier molecular flexibility index (Phi) is 3.10. The van der Waals surface area contributed by atoms with Crippen LogP contribution in [0.15, 0.2) is 18.1 Å². The lowest BCUT2D eigenvalue weighted by Crippen LogP contribution is -1.81. The quantitative estimate of drug-likeness (QED) is 0.388. The van der Waals surface area contributed by atoms with E-state index in [4.69, 9.17) is 23.2 Å². The van der Waals surface area contributed by atoms with E-state index in [1.165, 1.54) is 0 Å². The molecule has 0 radical (unpaired) electrons. The molecule has 0 N–H and O–H groups in total. The van der Waals surface area contributed by atoms with Gasteiger partial charge in [-0.25, -0.2) is 0 Å². The molecule has 0 rings (SSSR count). The Balaban J connectivity index is 3.81. The molecule has 0 aliphatic heterocycles. The minimum atomic E-state index is -1.11. The predicted octanol–water partition coefficient (Wildman–Crippen LogP) is 2.43. The Bertz CT molecular complexity index is 102. The number of rotatable bonds is 1. The van der Waals surface area contributed by atoms with E-state index in [0.29, 0.717) is 0 Å². The van der Waals surface area contributed by atoms with Crippen LogP contribution in [-0.2, 0) is 0 Å². The third kappa shape index (κ3) is 2.69. The third-order valence-electron chi connectivity index (χ3n) is 0.360. The Morgan fingerprint density at radius 1 is 1.71 bits per heavy atom. The molecule has 3 heteroatoms. The van der Waals surface area contributed by atoms with Gasteiger partial charge < -0.3 is 0 Å². The van der Waals surface area contributed by atoms with Gasteiger partial charge in [-0.2, -0.15) is 4.39 Å². The second-order valence-corrected chi connectivity index (χ2v) is 1.92. The van der Waals surface area contributed by atoms with E-state index in [9.17, 15) is 4.39 Å². The van der Waals surface area contributed by atoms with Crippen LogP contribution in [0.3, 0.4) is 0 Å². The molecule has 0 aliphatic rings. The standard InChI is InChI=1S/C4H3Cl2F/c1-2-3(7)4(5)6/h4H,1H2. The minimum Gasteiger partial charge on any atom is -0.200 e. The maximum atomic E-state index is 11.7. The molecule has 0 atom stereocenters. The maximum Gasteiger partial charge on any atom is 0.174 e. The van der Waals surface area contributed by atoms with Gasteiger partial charge in [0.1, 0.15) is 0 Å².